The lowest BCUT2D eigenvalue weighted by Crippen LogP contribution is -2.45. The molecule has 0 unspecified atom stereocenters. The summed E-state index contributed by atoms with van der Waals surface area (Å²) in [6.45, 7) is 2.24. The van der Waals surface area contributed by atoms with Gasteiger partial charge in [0, 0.05) is 40.3 Å². The molecule has 0 spiro atoms. The van der Waals surface area contributed by atoms with Crippen molar-refractivity contribution in [3.8, 4) is 0 Å². The van der Waals surface area contributed by atoms with Crippen LogP contribution in [0.3, 0.4) is 0 Å². The van der Waals surface area contributed by atoms with Crippen molar-refractivity contribution < 1.29 is 17.6 Å². The van der Waals surface area contributed by atoms with Crippen molar-refractivity contribution in [2.24, 2.45) is 0 Å². The van der Waals surface area contributed by atoms with Crippen LogP contribution >= 0.6 is 0 Å². The minimum atomic E-state index is -3.93. The maximum Gasteiger partial charge on any atom is 0.246 e. The summed E-state index contributed by atoms with van der Waals surface area (Å²) < 4.78 is 40.7. The van der Waals surface area contributed by atoms with Crippen LogP contribution < -0.4 is 9.21 Å². The molecule has 1 aliphatic rings. The quantitative estimate of drug-likeness (QED) is 0.829. The number of amides is 1. The Kier molecular flexibility index (Phi) is 4.84. The molecular formula is C15H22FN3O3S. The molecule has 1 atom stereocenters. The second kappa shape index (κ2) is 6.35. The van der Waals surface area contributed by atoms with Gasteiger partial charge in [-0.3, -0.25) is 9.10 Å². The van der Waals surface area contributed by atoms with Crippen molar-refractivity contribution in [1.82, 2.24) is 4.90 Å². The lowest BCUT2D eigenvalue weighted by atomic mass is 10.2. The van der Waals surface area contributed by atoms with Gasteiger partial charge in [-0.15, -0.1) is 0 Å². The first kappa shape index (κ1) is 17.5. The Morgan fingerprint density at radius 3 is 2.52 bits per heavy atom. The fourth-order valence-corrected chi connectivity index (χ4v) is 4.31. The summed E-state index contributed by atoms with van der Waals surface area (Å²) in [5.74, 6) is -1.01. The van der Waals surface area contributed by atoms with Crippen LogP contribution in [-0.2, 0) is 14.8 Å². The highest BCUT2D eigenvalue weighted by molar-refractivity contribution is 7.94. The van der Waals surface area contributed by atoms with E-state index in [1.165, 1.54) is 42.4 Å². The lowest BCUT2D eigenvalue weighted by molar-refractivity contribution is -0.127. The average molecular weight is 343 g/mol. The Labute approximate surface area is 136 Å². The Morgan fingerprint density at radius 1 is 1.26 bits per heavy atom. The number of sulfonamides is 1. The smallest absolute Gasteiger partial charge is 0.246 e. The number of halogens is 1. The molecule has 23 heavy (non-hydrogen) atoms. The number of nitrogens with zero attached hydrogens (tertiary/aromatic N) is 3. The number of carbonyl (C=O) groups is 1. The molecular weight excluding hydrogens is 321 g/mol. The van der Waals surface area contributed by atoms with Crippen LogP contribution in [0.2, 0.25) is 0 Å². The minimum absolute atomic E-state index is 0.216. The molecule has 1 heterocycles. The van der Waals surface area contributed by atoms with E-state index < -0.39 is 27.0 Å². The molecule has 0 saturated carbocycles. The SMILES string of the molecule is C[C@@H](C(=O)N(C)C)S(=O)(=O)N1CCCN(C)c2ccc(F)cc21. The predicted octanol–water partition coefficient (Wildman–Crippen LogP) is 1.28. The maximum absolute atomic E-state index is 13.7. The van der Waals surface area contributed by atoms with E-state index in [1.807, 2.05) is 11.9 Å². The van der Waals surface area contributed by atoms with Gasteiger partial charge in [-0.25, -0.2) is 12.8 Å². The zero-order valence-corrected chi connectivity index (χ0v) is 14.6. The third-order valence-electron chi connectivity index (χ3n) is 4.01. The van der Waals surface area contributed by atoms with Gasteiger partial charge >= 0.3 is 0 Å². The molecule has 6 nitrogen and oxygen atoms in total. The first-order chi connectivity index (χ1) is 10.7. The summed E-state index contributed by atoms with van der Waals surface area (Å²) in [6, 6.07) is 4.08. The van der Waals surface area contributed by atoms with Gasteiger partial charge in [-0.1, -0.05) is 0 Å². The number of hydrogen-bond donors (Lipinski definition) is 0. The zero-order valence-electron chi connectivity index (χ0n) is 13.8. The predicted molar refractivity (Wildman–Crippen MR) is 88.7 cm³/mol. The summed E-state index contributed by atoms with van der Waals surface area (Å²) in [5, 5.41) is -1.22. The Balaban J connectivity index is 2.52. The fraction of sp³-hybridized carbons (Fsp3) is 0.533. The molecule has 0 bridgehead atoms. The highest BCUT2D eigenvalue weighted by Crippen LogP contribution is 2.35. The summed E-state index contributed by atoms with van der Waals surface area (Å²) in [4.78, 5) is 15.2. The number of hydrogen-bond acceptors (Lipinski definition) is 4. The number of benzene rings is 1. The van der Waals surface area contributed by atoms with Crippen LogP contribution in [0.5, 0.6) is 0 Å². The lowest BCUT2D eigenvalue weighted by Gasteiger charge is -2.28. The Morgan fingerprint density at radius 2 is 1.91 bits per heavy atom. The molecule has 128 valence electrons. The van der Waals surface area contributed by atoms with Gasteiger partial charge in [-0.2, -0.15) is 0 Å². The standard InChI is InChI=1S/C15H22FN3O3S/c1-11(15(20)17(2)3)23(21,22)19-9-5-8-18(4)13-7-6-12(16)10-14(13)19/h6-7,10-11H,5,8-9H2,1-4H3/t11-/m0/s1. The Hall–Kier alpha value is -1.83. The summed E-state index contributed by atoms with van der Waals surface area (Å²) in [5.41, 5.74) is 0.917. The summed E-state index contributed by atoms with van der Waals surface area (Å²) in [7, 11) is 0.924. The Bertz CT molecular complexity index is 706. The monoisotopic (exact) mass is 343 g/mol. The van der Waals surface area contributed by atoms with E-state index in [9.17, 15) is 17.6 Å². The largest absolute Gasteiger partial charge is 0.373 e. The summed E-state index contributed by atoms with van der Waals surface area (Å²) >= 11 is 0. The third-order valence-corrected chi connectivity index (χ3v) is 6.10. The van der Waals surface area contributed by atoms with E-state index in [0.717, 1.165) is 0 Å². The molecule has 1 aliphatic heterocycles. The van der Waals surface area contributed by atoms with E-state index in [4.69, 9.17) is 0 Å². The van der Waals surface area contributed by atoms with Crippen LogP contribution in [0, 0.1) is 5.82 Å². The average Bonchev–Trinajstić information content (AvgIpc) is 2.64. The van der Waals surface area contributed by atoms with Crippen LogP contribution in [0.25, 0.3) is 0 Å². The minimum Gasteiger partial charge on any atom is -0.373 e. The normalized spacial score (nSPS) is 16.6. The molecule has 1 aromatic carbocycles. The van der Waals surface area contributed by atoms with E-state index >= 15 is 0 Å². The second-order valence-corrected chi connectivity index (χ2v) is 8.08. The van der Waals surface area contributed by atoms with Gasteiger partial charge < -0.3 is 9.80 Å². The van der Waals surface area contributed by atoms with Gasteiger partial charge in [0.25, 0.3) is 0 Å². The number of fused-ring (bicyclic) bond motifs is 1. The zero-order chi connectivity index (χ0) is 17.4. The topological polar surface area (TPSA) is 60.9 Å². The van der Waals surface area contributed by atoms with Crippen LogP contribution in [0.1, 0.15) is 13.3 Å². The van der Waals surface area contributed by atoms with Crippen molar-refractivity contribution in [1.29, 1.82) is 0 Å². The maximum atomic E-state index is 13.7. The fourth-order valence-electron chi connectivity index (χ4n) is 2.66. The molecule has 0 saturated heterocycles. The van der Waals surface area contributed by atoms with Crippen molar-refractivity contribution in [3.05, 3.63) is 24.0 Å². The molecule has 0 aliphatic carbocycles. The van der Waals surface area contributed by atoms with Crippen LogP contribution in [0.15, 0.2) is 18.2 Å². The molecule has 2 rings (SSSR count). The number of carbonyl (C=O) groups excluding carboxylic acids is 1. The first-order valence-electron chi connectivity index (χ1n) is 7.39. The molecule has 1 amide bonds. The van der Waals surface area contributed by atoms with Crippen LogP contribution in [-0.4, -0.2) is 58.7 Å². The van der Waals surface area contributed by atoms with E-state index in [1.54, 1.807) is 6.07 Å². The van der Waals surface area contributed by atoms with Gasteiger partial charge in [0.05, 0.1) is 11.4 Å². The second-order valence-electron chi connectivity index (χ2n) is 5.90. The van der Waals surface area contributed by atoms with Crippen molar-refractivity contribution >= 4 is 27.3 Å². The van der Waals surface area contributed by atoms with E-state index in [0.29, 0.717) is 18.7 Å². The van der Waals surface area contributed by atoms with Gasteiger partial charge in [-0.05, 0) is 25.5 Å². The van der Waals surface area contributed by atoms with E-state index in [-0.39, 0.29) is 12.2 Å². The third kappa shape index (κ3) is 3.26. The molecule has 1 aromatic rings. The van der Waals surface area contributed by atoms with Gasteiger partial charge in [0.1, 0.15) is 5.82 Å². The van der Waals surface area contributed by atoms with Crippen molar-refractivity contribution in [2.75, 3.05) is 43.4 Å². The number of rotatable bonds is 3. The molecule has 0 fully saturated rings. The van der Waals surface area contributed by atoms with Crippen molar-refractivity contribution in [2.45, 2.75) is 18.6 Å². The summed E-state index contributed by atoms with van der Waals surface area (Å²) in [6.07, 6.45) is 0.592. The highest BCUT2D eigenvalue weighted by Gasteiger charge is 2.37. The van der Waals surface area contributed by atoms with Gasteiger partial charge in [0.15, 0.2) is 5.25 Å². The van der Waals surface area contributed by atoms with Crippen molar-refractivity contribution in [3.63, 3.8) is 0 Å². The highest BCUT2D eigenvalue weighted by atomic mass is 32.2. The number of anilines is 2. The van der Waals surface area contributed by atoms with Gasteiger partial charge in [0.2, 0.25) is 15.9 Å². The molecule has 0 N–H and O–H groups in total. The molecule has 8 heteroatoms. The molecule has 0 aromatic heterocycles. The van der Waals surface area contributed by atoms with E-state index in [2.05, 4.69) is 0 Å². The first-order valence-corrected chi connectivity index (χ1v) is 8.90. The molecule has 0 radical (unpaired) electrons. The van der Waals surface area contributed by atoms with Crippen LogP contribution in [0.4, 0.5) is 15.8 Å².